The van der Waals surface area contributed by atoms with Gasteiger partial charge in [0.25, 0.3) is 0 Å². The van der Waals surface area contributed by atoms with E-state index in [1.165, 1.54) is 26.4 Å². The highest BCUT2D eigenvalue weighted by Crippen LogP contribution is 2.38. The van der Waals surface area contributed by atoms with Crippen molar-refractivity contribution in [1.29, 1.82) is 0 Å². The maximum atomic E-state index is 11.6. The molecule has 1 heterocycles. The Morgan fingerprint density at radius 3 is 2.78 bits per heavy atom. The molecule has 27 heavy (non-hydrogen) atoms. The molecule has 1 saturated carbocycles. The van der Waals surface area contributed by atoms with Gasteiger partial charge in [-0.2, -0.15) is 4.98 Å². The van der Waals surface area contributed by atoms with Crippen molar-refractivity contribution in [3.05, 3.63) is 41.5 Å². The molecule has 7 nitrogen and oxygen atoms in total. The minimum Gasteiger partial charge on any atom is -0.485 e. The van der Waals surface area contributed by atoms with Crippen LogP contribution >= 0.6 is 12.4 Å². The highest BCUT2D eigenvalue weighted by Gasteiger charge is 2.32. The zero-order valence-corrected chi connectivity index (χ0v) is 16.3. The molecule has 0 aliphatic heterocycles. The van der Waals surface area contributed by atoms with Crippen LogP contribution in [-0.2, 0) is 17.8 Å². The second-order valence-corrected chi connectivity index (χ2v) is 6.85. The fourth-order valence-corrected chi connectivity index (χ4v) is 3.47. The van der Waals surface area contributed by atoms with Gasteiger partial charge in [-0.3, -0.25) is 0 Å². The summed E-state index contributed by atoms with van der Waals surface area (Å²) in [6, 6.07) is 6.79. The third-order valence-electron chi connectivity index (χ3n) is 5.01. The van der Waals surface area contributed by atoms with Crippen LogP contribution in [-0.4, -0.2) is 29.8 Å². The first-order valence-corrected chi connectivity index (χ1v) is 8.97. The van der Waals surface area contributed by atoms with Crippen LogP contribution in [0.1, 0.15) is 54.2 Å². The summed E-state index contributed by atoms with van der Waals surface area (Å²) in [7, 11) is 1.34. The van der Waals surface area contributed by atoms with Crippen molar-refractivity contribution in [2.24, 2.45) is 11.1 Å². The molecule has 1 aliphatic rings. The number of carbonyl (C=O) groups is 1. The lowest BCUT2D eigenvalue weighted by Crippen LogP contribution is -2.35. The van der Waals surface area contributed by atoms with Crippen LogP contribution in [0.2, 0.25) is 0 Å². The van der Waals surface area contributed by atoms with Crippen LogP contribution < -0.4 is 10.5 Å². The Morgan fingerprint density at radius 1 is 1.30 bits per heavy atom. The molecule has 0 atom stereocenters. The van der Waals surface area contributed by atoms with Crippen molar-refractivity contribution < 1.29 is 18.8 Å². The van der Waals surface area contributed by atoms with Gasteiger partial charge in [0.05, 0.1) is 12.7 Å². The standard InChI is InChI=1S/C19H25N3O4.ClH/c1-24-18(23)14-6-5-7-15(10-14)25-12-16-21-17(26-22-16)11-19(13-20)8-3-2-4-9-19;/h5-7,10H,2-4,8-9,11-13,20H2,1H3;1H. The summed E-state index contributed by atoms with van der Waals surface area (Å²) in [4.78, 5) is 16.0. The van der Waals surface area contributed by atoms with E-state index in [0.717, 1.165) is 12.8 Å². The van der Waals surface area contributed by atoms with E-state index in [4.69, 9.17) is 19.7 Å². The maximum Gasteiger partial charge on any atom is 0.337 e. The fourth-order valence-electron chi connectivity index (χ4n) is 3.47. The van der Waals surface area contributed by atoms with Crippen molar-refractivity contribution in [3.63, 3.8) is 0 Å². The Morgan fingerprint density at radius 2 is 2.07 bits per heavy atom. The number of aromatic nitrogens is 2. The second-order valence-electron chi connectivity index (χ2n) is 6.85. The number of nitrogens with two attached hydrogens (primary N) is 1. The van der Waals surface area contributed by atoms with E-state index in [0.29, 0.717) is 36.0 Å². The first kappa shape index (κ1) is 21.2. The molecule has 8 heteroatoms. The number of benzene rings is 1. The number of esters is 1. The normalized spacial score (nSPS) is 15.6. The molecule has 0 amide bonds. The van der Waals surface area contributed by atoms with Crippen molar-refractivity contribution in [2.45, 2.75) is 45.1 Å². The highest BCUT2D eigenvalue weighted by atomic mass is 35.5. The van der Waals surface area contributed by atoms with Gasteiger partial charge in [-0.25, -0.2) is 4.79 Å². The third kappa shape index (κ3) is 5.43. The average molecular weight is 396 g/mol. The van der Waals surface area contributed by atoms with Gasteiger partial charge in [0.2, 0.25) is 11.7 Å². The lowest BCUT2D eigenvalue weighted by atomic mass is 9.72. The molecule has 2 N–H and O–H groups in total. The summed E-state index contributed by atoms with van der Waals surface area (Å²) < 4.78 is 15.8. The second kappa shape index (κ2) is 9.71. The number of methoxy groups -OCH3 is 1. The molecule has 1 aromatic heterocycles. The van der Waals surface area contributed by atoms with E-state index in [2.05, 4.69) is 10.1 Å². The quantitative estimate of drug-likeness (QED) is 0.717. The Bertz CT molecular complexity index is 744. The molecule has 148 valence electrons. The predicted molar refractivity (Wildman–Crippen MR) is 102 cm³/mol. The molecular formula is C19H26ClN3O4. The number of hydrogen-bond acceptors (Lipinski definition) is 7. The van der Waals surface area contributed by atoms with E-state index < -0.39 is 5.97 Å². The Kier molecular flexibility index (Phi) is 7.62. The topological polar surface area (TPSA) is 100 Å². The summed E-state index contributed by atoms with van der Waals surface area (Å²) >= 11 is 0. The molecule has 0 spiro atoms. The number of ether oxygens (including phenoxy) is 2. The zero-order chi connectivity index (χ0) is 18.4. The first-order valence-electron chi connectivity index (χ1n) is 8.97. The van der Waals surface area contributed by atoms with E-state index in [1.807, 2.05) is 0 Å². The van der Waals surface area contributed by atoms with Crippen LogP contribution in [0.4, 0.5) is 0 Å². The van der Waals surface area contributed by atoms with Crippen molar-refractivity contribution >= 4 is 18.4 Å². The van der Waals surface area contributed by atoms with Crippen LogP contribution in [0.3, 0.4) is 0 Å². The summed E-state index contributed by atoms with van der Waals surface area (Å²) in [6.07, 6.45) is 6.62. The number of carbonyl (C=O) groups excluding carboxylic acids is 1. The monoisotopic (exact) mass is 395 g/mol. The maximum absolute atomic E-state index is 11.6. The van der Waals surface area contributed by atoms with Gasteiger partial charge in [0.1, 0.15) is 5.75 Å². The van der Waals surface area contributed by atoms with Crippen LogP contribution in [0, 0.1) is 5.41 Å². The van der Waals surface area contributed by atoms with Crippen LogP contribution in [0.5, 0.6) is 5.75 Å². The van der Waals surface area contributed by atoms with E-state index in [1.54, 1.807) is 24.3 Å². The molecule has 0 saturated heterocycles. The Balaban J connectivity index is 0.00000261. The molecule has 0 radical (unpaired) electrons. The van der Waals surface area contributed by atoms with E-state index in [9.17, 15) is 4.79 Å². The highest BCUT2D eigenvalue weighted by molar-refractivity contribution is 5.89. The SMILES string of the molecule is COC(=O)c1cccc(OCc2noc(CC3(CN)CCCCC3)n2)c1.Cl. The van der Waals surface area contributed by atoms with Crippen molar-refractivity contribution in [2.75, 3.05) is 13.7 Å². The number of halogens is 1. The number of rotatable bonds is 7. The molecule has 2 aromatic rings. The molecule has 0 unspecified atom stereocenters. The van der Waals surface area contributed by atoms with Gasteiger partial charge in [-0.05, 0) is 43.0 Å². The van der Waals surface area contributed by atoms with Gasteiger partial charge in [0, 0.05) is 6.42 Å². The van der Waals surface area contributed by atoms with Gasteiger partial charge in [-0.15, -0.1) is 12.4 Å². The first-order chi connectivity index (χ1) is 12.6. The third-order valence-corrected chi connectivity index (χ3v) is 5.01. The smallest absolute Gasteiger partial charge is 0.337 e. The molecule has 1 aliphatic carbocycles. The van der Waals surface area contributed by atoms with Gasteiger partial charge in [0.15, 0.2) is 6.61 Å². The molecule has 3 rings (SSSR count). The summed E-state index contributed by atoms with van der Waals surface area (Å²) in [5, 5.41) is 3.99. The Labute approximate surface area is 165 Å². The summed E-state index contributed by atoms with van der Waals surface area (Å²) in [6.45, 7) is 0.811. The van der Waals surface area contributed by atoms with Crippen molar-refractivity contribution in [3.8, 4) is 5.75 Å². The van der Waals surface area contributed by atoms with Crippen LogP contribution in [0.25, 0.3) is 0 Å². The van der Waals surface area contributed by atoms with E-state index >= 15 is 0 Å². The number of hydrogen-bond donors (Lipinski definition) is 1. The number of nitrogens with zero attached hydrogens (tertiary/aromatic N) is 2. The lowest BCUT2D eigenvalue weighted by molar-refractivity contribution is 0.0600. The van der Waals surface area contributed by atoms with Gasteiger partial charge < -0.3 is 19.7 Å². The molecular weight excluding hydrogens is 370 g/mol. The summed E-state index contributed by atoms with van der Waals surface area (Å²) in [5.74, 6) is 1.23. The zero-order valence-electron chi connectivity index (χ0n) is 15.5. The van der Waals surface area contributed by atoms with E-state index in [-0.39, 0.29) is 24.4 Å². The lowest BCUT2D eigenvalue weighted by Gasteiger charge is -2.34. The van der Waals surface area contributed by atoms with Crippen molar-refractivity contribution in [1.82, 2.24) is 10.1 Å². The average Bonchev–Trinajstić information content (AvgIpc) is 3.13. The van der Waals surface area contributed by atoms with Crippen LogP contribution in [0.15, 0.2) is 28.8 Å². The largest absolute Gasteiger partial charge is 0.485 e. The predicted octanol–water partition coefficient (Wildman–Crippen LogP) is 3.31. The fraction of sp³-hybridized carbons (Fsp3) is 0.526. The van der Waals surface area contributed by atoms with Gasteiger partial charge >= 0.3 is 5.97 Å². The minimum absolute atomic E-state index is 0. The van der Waals surface area contributed by atoms with Gasteiger partial charge in [-0.1, -0.05) is 30.5 Å². The summed E-state index contributed by atoms with van der Waals surface area (Å²) in [5.41, 5.74) is 6.54. The molecule has 1 aromatic carbocycles. The Hall–Kier alpha value is -2.12. The molecule has 0 bridgehead atoms. The molecule has 1 fully saturated rings. The minimum atomic E-state index is -0.406.